The van der Waals surface area contributed by atoms with Crippen LogP contribution < -0.4 is 31.6 Å². The summed E-state index contributed by atoms with van der Waals surface area (Å²) in [7, 11) is 0. The van der Waals surface area contributed by atoms with E-state index in [0.717, 1.165) is 24.2 Å². The molecule has 6 N–H and O–H groups in total. The summed E-state index contributed by atoms with van der Waals surface area (Å²) < 4.78 is 19.6. The number of hydrogen-bond donors (Lipinski definition) is 4. The Bertz CT molecular complexity index is 2400. The van der Waals surface area contributed by atoms with Gasteiger partial charge < -0.3 is 30.1 Å². The van der Waals surface area contributed by atoms with Crippen LogP contribution in [0, 0.1) is 13.8 Å². The van der Waals surface area contributed by atoms with Gasteiger partial charge in [-0.2, -0.15) is 10.2 Å². The highest BCUT2D eigenvalue weighted by Crippen LogP contribution is 2.41. The van der Waals surface area contributed by atoms with Crippen molar-refractivity contribution < 1.29 is 28.7 Å². The maximum absolute atomic E-state index is 13.6. The smallest absolute Gasteiger partial charge is 0.276 e. The van der Waals surface area contributed by atoms with Crippen molar-refractivity contribution in [2.75, 3.05) is 23.8 Å². The van der Waals surface area contributed by atoms with Crippen LogP contribution in [-0.4, -0.2) is 75.5 Å². The summed E-state index contributed by atoms with van der Waals surface area (Å²) in [4.78, 5) is 60.9. The number of aromatic nitrogens is 8. The maximum atomic E-state index is 13.6. The first kappa shape index (κ1) is 36.3. The monoisotopic (exact) mass is 762 g/mol. The molecule has 2 aliphatic rings. The molecule has 0 saturated carbocycles. The molecule has 2 aliphatic heterocycles. The Balaban J connectivity index is 1.05. The second kappa shape index (κ2) is 14.2. The minimum Gasteiger partial charge on any atom is -0.489 e. The molecule has 290 valence electrons. The standard InChI is InChI=1S/C38H42N12O6/c1-5-47-27(11-19(3)45-47)35(53)43-37-41-25-13-21(33(39)51)15-29-31(25)49(37)23(17-55-29)9-7-8-10-24-18-56-30-16-22(34(40)52)14-26-32(30)50(24)38(42-26)44-36(54)28-12-20(4)46-48(28)6-2/h11-16,23-24H,5-10,17-18H2,1-4H3,(H2,39,51)(H2,40,52)(H,41,43,53)(H,42,44,54)/t23-,24?/m0/s1. The summed E-state index contributed by atoms with van der Waals surface area (Å²) in [5.74, 6) is -0.353. The molecule has 18 nitrogen and oxygen atoms in total. The molecule has 0 spiro atoms. The molecule has 1 unspecified atom stereocenters. The van der Waals surface area contributed by atoms with Crippen LogP contribution in [0.15, 0.2) is 36.4 Å². The average Bonchev–Trinajstić information content (AvgIpc) is 3.95. The fraction of sp³-hybridized carbons (Fsp3) is 0.368. The number of hydrogen-bond acceptors (Lipinski definition) is 10. The van der Waals surface area contributed by atoms with Crippen molar-refractivity contribution in [3.8, 4) is 11.5 Å². The van der Waals surface area contributed by atoms with Gasteiger partial charge in [0.05, 0.1) is 34.5 Å². The van der Waals surface area contributed by atoms with E-state index < -0.39 is 11.8 Å². The number of anilines is 2. The van der Waals surface area contributed by atoms with Crippen LogP contribution in [0.2, 0.25) is 0 Å². The summed E-state index contributed by atoms with van der Waals surface area (Å²) in [6.45, 7) is 9.08. The fourth-order valence-electron chi connectivity index (χ4n) is 7.76. The number of benzene rings is 2. The van der Waals surface area contributed by atoms with Gasteiger partial charge in [-0.05, 0) is 76.9 Å². The third kappa shape index (κ3) is 6.35. The van der Waals surface area contributed by atoms with Crippen molar-refractivity contribution in [3.05, 3.63) is 70.3 Å². The lowest BCUT2D eigenvalue weighted by atomic mass is 10.0. The first-order valence-corrected chi connectivity index (χ1v) is 18.6. The summed E-state index contributed by atoms with van der Waals surface area (Å²) in [6, 6.07) is 9.48. The molecule has 2 atom stereocenters. The molecule has 2 aromatic carbocycles. The quantitative estimate of drug-likeness (QED) is 0.122. The first-order valence-electron chi connectivity index (χ1n) is 18.6. The van der Waals surface area contributed by atoms with Crippen LogP contribution in [0.25, 0.3) is 22.1 Å². The van der Waals surface area contributed by atoms with Gasteiger partial charge in [-0.15, -0.1) is 0 Å². The Labute approximate surface area is 320 Å². The van der Waals surface area contributed by atoms with Gasteiger partial charge in [-0.1, -0.05) is 12.8 Å². The van der Waals surface area contributed by atoms with E-state index in [4.69, 9.17) is 30.9 Å². The number of nitrogens with zero attached hydrogens (tertiary/aromatic N) is 8. The number of carbonyl (C=O) groups excluding carboxylic acids is 4. The van der Waals surface area contributed by atoms with Crippen LogP contribution in [0.3, 0.4) is 0 Å². The molecular weight excluding hydrogens is 720 g/mol. The molecule has 0 saturated heterocycles. The Hall–Kier alpha value is -6.72. The lowest BCUT2D eigenvalue weighted by molar-refractivity contribution is 0.0991. The second-order valence-electron chi connectivity index (χ2n) is 14.1. The third-order valence-corrected chi connectivity index (χ3v) is 10.3. The second-order valence-corrected chi connectivity index (χ2v) is 14.1. The molecule has 0 aliphatic carbocycles. The number of unbranched alkanes of at least 4 members (excludes halogenated alkanes) is 1. The molecule has 0 bridgehead atoms. The summed E-state index contributed by atoms with van der Waals surface area (Å²) >= 11 is 0. The lowest BCUT2D eigenvalue weighted by Crippen LogP contribution is -2.27. The van der Waals surface area contributed by atoms with Gasteiger partial charge in [0.15, 0.2) is 0 Å². The molecule has 18 heteroatoms. The number of imidazole rings is 2. The van der Waals surface area contributed by atoms with Crippen LogP contribution in [0.1, 0.15) is 105 Å². The Kier molecular flexibility index (Phi) is 9.17. The number of ether oxygens (including phenoxy) is 2. The summed E-state index contributed by atoms with van der Waals surface area (Å²) in [5, 5.41) is 14.8. The zero-order valence-electron chi connectivity index (χ0n) is 31.5. The molecule has 4 amide bonds. The van der Waals surface area contributed by atoms with E-state index in [1.807, 2.05) is 36.8 Å². The number of rotatable bonds is 13. The largest absolute Gasteiger partial charge is 0.489 e. The van der Waals surface area contributed by atoms with Crippen molar-refractivity contribution in [3.63, 3.8) is 0 Å². The zero-order chi connectivity index (χ0) is 39.4. The topological polar surface area (TPSA) is 234 Å². The van der Waals surface area contributed by atoms with Gasteiger partial charge in [-0.25, -0.2) is 9.97 Å². The number of primary amides is 2. The van der Waals surface area contributed by atoms with E-state index in [9.17, 15) is 19.2 Å². The minimum atomic E-state index is -0.612. The Morgan fingerprint density at radius 1 is 0.679 bits per heavy atom. The van der Waals surface area contributed by atoms with E-state index in [1.165, 1.54) is 0 Å². The van der Waals surface area contributed by atoms with E-state index >= 15 is 0 Å². The fourth-order valence-corrected chi connectivity index (χ4v) is 7.76. The minimum absolute atomic E-state index is 0.197. The van der Waals surface area contributed by atoms with Crippen LogP contribution in [0.5, 0.6) is 11.5 Å². The number of nitrogens with one attached hydrogen (secondary N) is 2. The molecule has 0 radical (unpaired) electrons. The van der Waals surface area contributed by atoms with Crippen molar-refractivity contribution >= 4 is 57.6 Å². The predicted molar refractivity (Wildman–Crippen MR) is 205 cm³/mol. The van der Waals surface area contributed by atoms with Gasteiger partial charge in [0.25, 0.3) is 11.8 Å². The summed E-state index contributed by atoms with van der Waals surface area (Å²) in [6.07, 6.45) is 2.87. The molecule has 6 heterocycles. The Morgan fingerprint density at radius 2 is 1.09 bits per heavy atom. The molecule has 8 rings (SSSR count). The SMILES string of the molecule is CCn1nc(C)cc1C(=O)Nc1nc2cc(C(N)=O)cc3c2n1C(CCCC[C@H]1COc2cc(C(N)=O)cc4nc(NC(=O)c5cc(C)nn5CC)n1c24)CO3. The van der Waals surface area contributed by atoms with Crippen molar-refractivity contribution in [2.45, 2.75) is 78.6 Å². The molecular formula is C38H42N12O6. The van der Waals surface area contributed by atoms with E-state index in [2.05, 4.69) is 20.8 Å². The number of amides is 4. The average molecular weight is 763 g/mol. The zero-order valence-corrected chi connectivity index (χ0v) is 31.5. The van der Waals surface area contributed by atoms with Gasteiger partial charge in [0.1, 0.15) is 47.1 Å². The van der Waals surface area contributed by atoms with Crippen LogP contribution in [0.4, 0.5) is 11.9 Å². The highest BCUT2D eigenvalue weighted by atomic mass is 16.5. The van der Waals surface area contributed by atoms with Crippen LogP contribution >= 0.6 is 0 Å². The summed E-state index contributed by atoms with van der Waals surface area (Å²) in [5.41, 5.74) is 16.3. The highest BCUT2D eigenvalue weighted by Gasteiger charge is 2.32. The van der Waals surface area contributed by atoms with Crippen molar-refractivity contribution in [1.29, 1.82) is 0 Å². The van der Waals surface area contributed by atoms with Crippen molar-refractivity contribution in [1.82, 2.24) is 38.7 Å². The highest BCUT2D eigenvalue weighted by molar-refractivity contribution is 6.05. The molecule has 4 aromatic heterocycles. The van der Waals surface area contributed by atoms with Gasteiger partial charge in [0.2, 0.25) is 23.7 Å². The molecule has 56 heavy (non-hydrogen) atoms. The Morgan fingerprint density at radius 3 is 1.46 bits per heavy atom. The van der Waals surface area contributed by atoms with E-state index in [0.29, 0.717) is 82.8 Å². The molecule has 0 fully saturated rings. The molecule has 6 aromatic rings. The lowest BCUT2D eigenvalue weighted by Gasteiger charge is -2.29. The van der Waals surface area contributed by atoms with Gasteiger partial charge >= 0.3 is 0 Å². The van der Waals surface area contributed by atoms with Crippen molar-refractivity contribution in [2.24, 2.45) is 11.5 Å². The number of aryl methyl sites for hydroxylation is 4. The third-order valence-electron chi connectivity index (χ3n) is 10.3. The number of carbonyl (C=O) groups is 4. The van der Waals surface area contributed by atoms with Crippen LogP contribution in [-0.2, 0) is 13.1 Å². The number of nitrogens with two attached hydrogens (primary N) is 2. The van der Waals surface area contributed by atoms with E-state index in [-0.39, 0.29) is 48.2 Å². The maximum Gasteiger partial charge on any atom is 0.276 e. The van der Waals surface area contributed by atoms with E-state index in [1.54, 1.807) is 45.8 Å². The first-order chi connectivity index (χ1) is 26.9. The predicted octanol–water partition coefficient (Wildman–Crippen LogP) is 4.27. The normalized spacial score (nSPS) is 15.8. The van der Waals surface area contributed by atoms with Gasteiger partial charge in [-0.3, -0.25) is 39.2 Å². The van der Waals surface area contributed by atoms with Gasteiger partial charge in [0, 0.05) is 24.2 Å².